The average molecular weight is 468 g/mol. The number of ether oxygens (including phenoxy) is 1. The molecular formula is C16H24BrCl2F3N2O. The van der Waals surface area contributed by atoms with Crippen molar-refractivity contribution in [2.75, 3.05) is 26.2 Å². The van der Waals surface area contributed by atoms with Crippen molar-refractivity contribution in [2.45, 2.75) is 32.7 Å². The van der Waals surface area contributed by atoms with Crippen LogP contribution in [0.15, 0.2) is 22.7 Å². The fourth-order valence-electron chi connectivity index (χ4n) is 2.91. The van der Waals surface area contributed by atoms with Crippen molar-refractivity contribution in [3.63, 3.8) is 0 Å². The van der Waals surface area contributed by atoms with Crippen molar-refractivity contribution in [3.05, 3.63) is 28.2 Å². The number of alkyl halides is 3. The zero-order valence-corrected chi connectivity index (χ0v) is 17.3. The van der Waals surface area contributed by atoms with Crippen LogP contribution in [0.1, 0.15) is 31.9 Å². The number of piperazine rings is 1. The van der Waals surface area contributed by atoms with Gasteiger partial charge in [0.15, 0.2) is 0 Å². The van der Waals surface area contributed by atoms with Crippen LogP contribution < -0.4 is 10.1 Å². The SMILES string of the molecule is CC(C)C[C@H](c1cc(Br)ccc1OC(F)(F)F)N1CCNCC1.Cl.Cl. The molecule has 25 heavy (non-hydrogen) atoms. The molecule has 0 spiro atoms. The number of hydrogen-bond acceptors (Lipinski definition) is 3. The minimum Gasteiger partial charge on any atom is -0.405 e. The maximum absolute atomic E-state index is 12.7. The molecule has 1 saturated heterocycles. The Morgan fingerprint density at radius 1 is 1.20 bits per heavy atom. The van der Waals surface area contributed by atoms with E-state index in [1.807, 2.05) is 0 Å². The van der Waals surface area contributed by atoms with Crippen LogP contribution in [0.4, 0.5) is 13.2 Å². The molecule has 1 aliphatic rings. The smallest absolute Gasteiger partial charge is 0.405 e. The Labute approximate surface area is 167 Å². The van der Waals surface area contributed by atoms with Gasteiger partial charge in [0.25, 0.3) is 0 Å². The first kappa shape index (κ1) is 24.8. The van der Waals surface area contributed by atoms with Crippen molar-refractivity contribution >= 4 is 40.7 Å². The lowest BCUT2D eigenvalue weighted by Gasteiger charge is -2.37. The first-order valence-corrected chi connectivity index (χ1v) is 8.55. The monoisotopic (exact) mass is 466 g/mol. The molecule has 0 aromatic heterocycles. The van der Waals surface area contributed by atoms with Gasteiger partial charge in [-0.25, -0.2) is 0 Å². The summed E-state index contributed by atoms with van der Waals surface area (Å²) in [7, 11) is 0. The van der Waals surface area contributed by atoms with Crippen molar-refractivity contribution in [1.29, 1.82) is 0 Å². The van der Waals surface area contributed by atoms with Gasteiger partial charge >= 0.3 is 6.36 Å². The minimum atomic E-state index is -4.69. The zero-order chi connectivity index (χ0) is 17.0. The molecule has 0 saturated carbocycles. The van der Waals surface area contributed by atoms with Crippen LogP contribution in [-0.4, -0.2) is 37.4 Å². The maximum atomic E-state index is 12.7. The van der Waals surface area contributed by atoms with Gasteiger partial charge in [-0.3, -0.25) is 4.90 Å². The summed E-state index contributed by atoms with van der Waals surface area (Å²) in [6, 6.07) is 4.62. The molecule has 1 fully saturated rings. The van der Waals surface area contributed by atoms with Crippen molar-refractivity contribution in [2.24, 2.45) is 5.92 Å². The van der Waals surface area contributed by atoms with E-state index in [0.29, 0.717) is 11.5 Å². The maximum Gasteiger partial charge on any atom is 0.573 e. The van der Waals surface area contributed by atoms with E-state index in [4.69, 9.17) is 0 Å². The van der Waals surface area contributed by atoms with Crippen LogP contribution in [0.3, 0.4) is 0 Å². The third kappa shape index (κ3) is 7.91. The van der Waals surface area contributed by atoms with E-state index in [9.17, 15) is 13.2 Å². The van der Waals surface area contributed by atoms with Crippen LogP contribution >= 0.6 is 40.7 Å². The molecule has 1 heterocycles. The topological polar surface area (TPSA) is 24.5 Å². The fourth-order valence-corrected chi connectivity index (χ4v) is 3.29. The quantitative estimate of drug-likeness (QED) is 0.645. The standard InChI is InChI=1S/C16H22BrF3N2O.2ClH/c1-11(2)9-14(22-7-5-21-6-8-22)13-10-12(17)3-4-15(13)23-16(18,19)20;;/h3-4,10-11,14,21H,5-9H2,1-2H3;2*1H/t14-;;/m1../s1. The molecule has 3 nitrogen and oxygen atoms in total. The Morgan fingerprint density at radius 2 is 1.80 bits per heavy atom. The second kappa shape index (κ2) is 10.8. The first-order chi connectivity index (χ1) is 10.8. The van der Waals surface area contributed by atoms with E-state index in [1.165, 1.54) is 6.07 Å². The lowest BCUT2D eigenvalue weighted by atomic mass is 9.94. The molecule has 9 heteroatoms. The van der Waals surface area contributed by atoms with Crippen LogP contribution in [-0.2, 0) is 0 Å². The second-order valence-electron chi connectivity index (χ2n) is 6.16. The normalized spacial score (nSPS) is 16.8. The number of rotatable bonds is 5. The predicted octanol–water partition coefficient (Wildman–Crippen LogP) is 5.18. The van der Waals surface area contributed by atoms with E-state index in [-0.39, 0.29) is 36.6 Å². The Morgan fingerprint density at radius 3 is 2.32 bits per heavy atom. The molecule has 0 radical (unpaired) electrons. The molecule has 1 N–H and O–H groups in total. The van der Waals surface area contributed by atoms with Gasteiger partial charge in [-0.1, -0.05) is 29.8 Å². The summed E-state index contributed by atoms with van der Waals surface area (Å²) in [5, 5.41) is 3.28. The van der Waals surface area contributed by atoms with Gasteiger partial charge < -0.3 is 10.1 Å². The van der Waals surface area contributed by atoms with Gasteiger partial charge in [-0.05, 0) is 30.5 Å². The van der Waals surface area contributed by atoms with E-state index >= 15 is 0 Å². The van der Waals surface area contributed by atoms with Gasteiger partial charge in [0, 0.05) is 42.3 Å². The number of hydrogen-bond donors (Lipinski definition) is 1. The highest BCUT2D eigenvalue weighted by Crippen LogP contribution is 2.38. The number of halogens is 6. The molecule has 1 aromatic carbocycles. The summed E-state index contributed by atoms with van der Waals surface area (Å²) >= 11 is 3.37. The highest BCUT2D eigenvalue weighted by molar-refractivity contribution is 9.10. The highest BCUT2D eigenvalue weighted by atomic mass is 79.9. The number of benzene rings is 1. The average Bonchev–Trinajstić information content (AvgIpc) is 2.46. The first-order valence-electron chi connectivity index (χ1n) is 7.76. The Kier molecular flexibility index (Phi) is 10.7. The minimum absolute atomic E-state index is 0. The van der Waals surface area contributed by atoms with Gasteiger partial charge in [0.05, 0.1) is 0 Å². The van der Waals surface area contributed by atoms with E-state index in [1.54, 1.807) is 12.1 Å². The summed E-state index contributed by atoms with van der Waals surface area (Å²) < 4.78 is 43.2. The summed E-state index contributed by atoms with van der Waals surface area (Å²) in [6.07, 6.45) is -3.90. The Balaban J connectivity index is 0.00000288. The molecule has 1 aromatic rings. The largest absolute Gasteiger partial charge is 0.573 e. The van der Waals surface area contributed by atoms with E-state index < -0.39 is 6.36 Å². The van der Waals surface area contributed by atoms with Gasteiger partial charge in [-0.15, -0.1) is 38.0 Å². The number of nitrogens with one attached hydrogen (secondary N) is 1. The van der Waals surface area contributed by atoms with Gasteiger partial charge in [-0.2, -0.15) is 0 Å². The summed E-state index contributed by atoms with van der Waals surface area (Å²) in [4.78, 5) is 2.24. The van der Waals surface area contributed by atoms with Crippen LogP contribution in [0.2, 0.25) is 0 Å². The van der Waals surface area contributed by atoms with Gasteiger partial charge in [0.1, 0.15) is 5.75 Å². The summed E-state index contributed by atoms with van der Waals surface area (Å²) in [5.41, 5.74) is 0.590. The molecule has 2 rings (SSSR count). The van der Waals surface area contributed by atoms with Crippen molar-refractivity contribution in [3.8, 4) is 5.75 Å². The summed E-state index contributed by atoms with van der Waals surface area (Å²) in [6.45, 7) is 7.48. The van der Waals surface area contributed by atoms with Gasteiger partial charge in [0.2, 0.25) is 0 Å². The Bertz CT molecular complexity index is 527. The van der Waals surface area contributed by atoms with Crippen molar-refractivity contribution in [1.82, 2.24) is 10.2 Å². The molecule has 1 aliphatic heterocycles. The lowest BCUT2D eigenvalue weighted by Crippen LogP contribution is -2.45. The zero-order valence-electron chi connectivity index (χ0n) is 14.1. The molecule has 0 unspecified atom stereocenters. The molecular weight excluding hydrogens is 444 g/mol. The molecule has 0 amide bonds. The third-order valence-corrected chi connectivity index (χ3v) is 4.34. The molecule has 146 valence electrons. The predicted molar refractivity (Wildman–Crippen MR) is 102 cm³/mol. The van der Waals surface area contributed by atoms with Crippen LogP contribution in [0.5, 0.6) is 5.75 Å². The molecule has 0 bridgehead atoms. The third-order valence-electron chi connectivity index (χ3n) is 3.84. The molecule has 0 aliphatic carbocycles. The molecule has 1 atom stereocenters. The lowest BCUT2D eigenvalue weighted by molar-refractivity contribution is -0.275. The second-order valence-corrected chi connectivity index (χ2v) is 7.08. The van der Waals surface area contributed by atoms with Crippen LogP contribution in [0, 0.1) is 5.92 Å². The van der Waals surface area contributed by atoms with Crippen LogP contribution in [0.25, 0.3) is 0 Å². The fraction of sp³-hybridized carbons (Fsp3) is 0.625. The van der Waals surface area contributed by atoms with E-state index in [2.05, 4.69) is 44.7 Å². The summed E-state index contributed by atoms with van der Waals surface area (Å²) in [5.74, 6) is 0.262. The van der Waals surface area contributed by atoms with Crippen molar-refractivity contribution < 1.29 is 17.9 Å². The number of nitrogens with zero attached hydrogens (tertiary/aromatic N) is 1. The Hall–Kier alpha value is -0.210. The highest BCUT2D eigenvalue weighted by Gasteiger charge is 2.34. The van der Waals surface area contributed by atoms with E-state index in [0.717, 1.165) is 37.1 Å².